The molecule has 6 heteroatoms. The quantitative estimate of drug-likeness (QED) is 0.614. The second kappa shape index (κ2) is 8.45. The van der Waals surface area contributed by atoms with E-state index in [0.717, 1.165) is 5.75 Å². The number of anilines is 1. The average Bonchev–Trinajstić information content (AvgIpc) is 2.60. The molecule has 2 N–H and O–H groups in total. The van der Waals surface area contributed by atoms with Crippen LogP contribution in [0.3, 0.4) is 0 Å². The Kier molecular flexibility index (Phi) is 6.32. The number of ether oxygens (including phenoxy) is 2. The van der Waals surface area contributed by atoms with Crippen molar-refractivity contribution in [3.63, 3.8) is 0 Å². The molecule has 0 spiro atoms. The highest BCUT2D eigenvalue weighted by molar-refractivity contribution is 6.33. The summed E-state index contributed by atoms with van der Waals surface area (Å²) in [6, 6.07) is 12.7. The van der Waals surface area contributed by atoms with Gasteiger partial charge in [-0.15, -0.1) is 0 Å². The zero-order chi connectivity index (χ0) is 17.5. The number of rotatable bonds is 7. The second-order valence-corrected chi connectivity index (χ2v) is 5.72. The molecule has 0 bridgehead atoms. The summed E-state index contributed by atoms with van der Waals surface area (Å²) >= 11 is 6.01. The van der Waals surface area contributed by atoms with Gasteiger partial charge in [0.25, 0.3) is 5.91 Å². The minimum Gasteiger partial charge on any atom is -0.496 e. The fourth-order valence-electron chi connectivity index (χ4n) is 2.22. The van der Waals surface area contributed by atoms with Crippen molar-refractivity contribution in [1.82, 2.24) is 4.90 Å². The van der Waals surface area contributed by atoms with E-state index in [0.29, 0.717) is 41.6 Å². The van der Waals surface area contributed by atoms with Crippen LogP contribution in [0.2, 0.25) is 5.02 Å². The number of benzene rings is 2. The molecular weight excluding hydrogens is 328 g/mol. The second-order valence-electron chi connectivity index (χ2n) is 5.32. The largest absolute Gasteiger partial charge is 0.496 e. The summed E-state index contributed by atoms with van der Waals surface area (Å²) in [4.78, 5) is 14.2. The predicted molar refractivity (Wildman–Crippen MR) is 95.9 cm³/mol. The third-order valence-electron chi connectivity index (χ3n) is 3.55. The molecular formula is C18H21ClN2O3. The number of nitrogen functional groups attached to an aromatic ring is 1. The highest BCUT2D eigenvalue weighted by Gasteiger charge is 2.18. The molecule has 2 rings (SSSR count). The number of amides is 1. The van der Waals surface area contributed by atoms with Gasteiger partial charge < -0.3 is 20.1 Å². The monoisotopic (exact) mass is 348 g/mol. The molecule has 0 aliphatic heterocycles. The first-order valence-electron chi connectivity index (χ1n) is 7.59. The van der Waals surface area contributed by atoms with E-state index in [1.165, 1.54) is 13.2 Å². The van der Waals surface area contributed by atoms with Gasteiger partial charge in [0.15, 0.2) is 0 Å². The van der Waals surface area contributed by atoms with E-state index in [-0.39, 0.29) is 5.91 Å². The Balaban J connectivity index is 1.91. The van der Waals surface area contributed by atoms with Crippen LogP contribution in [0, 0.1) is 0 Å². The smallest absolute Gasteiger partial charge is 0.257 e. The molecule has 0 aliphatic rings. The lowest BCUT2D eigenvalue weighted by Gasteiger charge is -2.19. The molecule has 5 nitrogen and oxygen atoms in total. The summed E-state index contributed by atoms with van der Waals surface area (Å²) < 4.78 is 10.8. The van der Waals surface area contributed by atoms with Gasteiger partial charge >= 0.3 is 0 Å². The van der Waals surface area contributed by atoms with Gasteiger partial charge in [0.2, 0.25) is 0 Å². The van der Waals surface area contributed by atoms with Gasteiger partial charge in [-0.3, -0.25) is 4.79 Å². The summed E-state index contributed by atoms with van der Waals surface area (Å²) in [5.74, 6) is 1.06. The number of carbonyl (C=O) groups is 1. The molecule has 0 saturated heterocycles. The molecule has 1 amide bonds. The zero-order valence-corrected chi connectivity index (χ0v) is 14.5. The predicted octanol–water partition coefficient (Wildman–Crippen LogP) is 3.47. The molecule has 0 fully saturated rings. The standard InChI is InChI=1S/C18H21ClN2O3/c1-21(9-6-10-24-13-7-4-3-5-8-13)18(22)14-11-15(19)16(20)12-17(14)23-2/h3-5,7-8,11-12H,6,9-10,20H2,1-2H3. The van der Waals surface area contributed by atoms with E-state index < -0.39 is 0 Å². The lowest BCUT2D eigenvalue weighted by atomic mass is 10.1. The first-order chi connectivity index (χ1) is 11.5. The SMILES string of the molecule is COc1cc(N)c(Cl)cc1C(=O)N(C)CCCOc1ccccc1. The minimum absolute atomic E-state index is 0.173. The van der Waals surface area contributed by atoms with Gasteiger partial charge in [-0.1, -0.05) is 29.8 Å². The van der Waals surface area contributed by atoms with Crippen molar-refractivity contribution in [2.24, 2.45) is 0 Å². The van der Waals surface area contributed by atoms with Gasteiger partial charge in [0, 0.05) is 19.7 Å². The fourth-order valence-corrected chi connectivity index (χ4v) is 2.38. The van der Waals surface area contributed by atoms with Crippen LogP contribution in [0.4, 0.5) is 5.69 Å². The number of halogens is 1. The summed E-state index contributed by atoms with van der Waals surface area (Å²) in [5, 5.41) is 0.333. The van der Waals surface area contributed by atoms with Gasteiger partial charge in [-0.2, -0.15) is 0 Å². The zero-order valence-electron chi connectivity index (χ0n) is 13.8. The molecule has 0 saturated carbocycles. The van der Waals surface area contributed by atoms with Crippen LogP contribution in [-0.2, 0) is 0 Å². The van der Waals surface area contributed by atoms with Gasteiger partial charge in [-0.05, 0) is 24.6 Å². The molecule has 2 aromatic rings. The number of hydrogen-bond donors (Lipinski definition) is 1. The van der Waals surface area contributed by atoms with E-state index in [4.69, 9.17) is 26.8 Å². The van der Waals surface area contributed by atoms with E-state index in [1.807, 2.05) is 30.3 Å². The van der Waals surface area contributed by atoms with Crippen LogP contribution >= 0.6 is 11.6 Å². The van der Waals surface area contributed by atoms with Crippen LogP contribution in [0.15, 0.2) is 42.5 Å². The molecule has 0 aromatic heterocycles. The number of nitrogens with zero attached hydrogens (tertiary/aromatic N) is 1. The first-order valence-corrected chi connectivity index (χ1v) is 7.97. The molecule has 0 unspecified atom stereocenters. The maximum Gasteiger partial charge on any atom is 0.257 e. The van der Waals surface area contributed by atoms with E-state index in [1.54, 1.807) is 18.0 Å². The Morgan fingerprint density at radius 2 is 1.96 bits per heavy atom. The Labute approximate surface area is 146 Å². The Hall–Kier alpha value is -2.40. The number of carbonyl (C=O) groups excluding carboxylic acids is 1. The Morgan fingerprint density at radius 1 is 1.25 bits per heavy atom. The molecule has 0 radical (unpaired) electrons. The highest BCUT2D eigenvalue weighted by Crippen LogP contribution is 2.29. The molecule has 0 aliphatic carbocycles. The number of hydrogen-bond acceptors (Lipinski definition) is 4. The van der Waals surface area contributed by atoms with Crippen LogP contribution < -0.4 is 15.2 Å². The lowest BCUT2D eigenvalue weighted by Crippen LogP contribution is -2.29. The first kappa shape index (κ1) is 17.9. The van der Waals surface area contributed by atoms with Crippen molar-refractivity contribution >= 4 is 23.2 Å². The summed E-state index contributed by atoms with van der Waals surface area (Å²) in [7, 11) is 3.22. The maximum absolute atomic E-state index is 12.6. The fraction of sp³-hybridized carbons (Fsp3) is 0.278. The van der Waals surface area contributed by atoms with Gasteiger partial charge in [0.1, 0.15) is 11.5 Å². The molecule has 0 atom stereocenters. The third-order valence-corrected chi connectivity index (χ3v) is 3.87. The lowest BCUT2D eigenvalue weighted by molar-refractivity contribution is 0.0784. The van der Waals surface area contributed by atoms with Crippen molar-refractivity contribution < 1.29 is 14.3 Å². The minimum atomic E-state index is -0.173. The maximum atomic E-state index is 12.6. The van der Waals surface area contributed by atoms with Crippen molar-refractivity contribution in [3.8, 4) is 11.5 Å². The van der Waals surface area contributed by atoms with E-state index in [9.17, 15) is 4.79 Å². The Bertz CT molecular complexity index is 692. The van der Waals surface area contributed by atoms with Crippen LogP contribution in [0.25, 0.3) is 0 Å². The van der Waals surface area contributed by atoms with Gasteiger partial charge in [-0.25, -0.2) is 0 Å². The van der Waals surface area contributed by atoms with Crippen molar-refractivity contribution in [1.29, 1.82) is 0 Å². The average molecular weight is 349 g/mol. The Morgan fingerprint density at radius 3 is 2.62 bits per heavy atom. The number of methoxy groups -OCH3 is 1. The number of para-hydroxylation sites is 1. The molecule has 0 heterocycles. The molecule has 128 valence electrons. The summed E-state index contributed by atoms with van der Waals surface area (Å²) in [6.07, 6.45) is 0.710. The summed E-state index contributed by atoms with van der Waals surface area (Å²) in [5.41, 5.74) is 6.51. The van der Waals surface area contributed by atoms with E-state index in [2.05, 4.69) is 0 Å². The topological polar surface area (TPSA) is 64.8 Å². The van der Waals surface area contributed by atoms with Crippen LogP contribution in [-0.4, -0.2) is 38.1 Å². The van der Waals surface area contributed by atoms with Crippen molar-refractivity contribution in [2.45, 2.75) is 6.42 Å². The van der Waals surface area contributed by atoms with E-state index >= 15 is 0 Å². The van der Waals surface area contributed by atoms with Crippen molar-refractivity contribution in [2.75, 3.05) is 33.0 Å². The normalized spacial score (nSPS) is 10.3. The van der Waals surface area contributed by atoms with Crippen molar-refractivity contribution in [3.05, 3.63) is 53.1 Å². The third kappa shape index (κ3) is 4.55. The van der Waals surface area contributed by atoms with Crippen LogP contribution in [0.5, 0.6) is 11.5 Å². The molecule has 24 heavy (non-hydrogen) atoms. The van der Waals surface area contributed by atoms with Gasteiger partial charge in [0.05, 0.1) is 30.0 Å². The van der Waals surface area contributed by atoms with Crippen LogP contribution in [0.1, 0.15) is 16.8 Å². The number of nitrogens with two attached hydrogens (primary N) is 1. The molecule has 2 aromatic carbocycles. The highest BCUT2D eigenvalue weighted by atomic mass is 35.5. The summed E-state index contributed by atoms with van der Waals surface area (Å²) in [6.45, 7) is 1.08.